The van der Waals surface area contributed by atoms with Gasteiger partial charge < -0.3 is 19.4 Å². The number of methoxy groups -OCH3 is 2. The van der Waals surface area contributed by atoms with Gasteiger partial charge in [0.2, 0.25) is 5.91 Å². The Morgan fingerprint density at radius 1 is 1.24 bits per heavy atom. The van der Waals surface area contributed by atoms with Crippen LogP contribution in [0.15, 0.2) is 30.6 Å². The monoisotopic (exact) mass is 345 g/mol. The molecule has 1 N–H and O–H groups in total. The van der Waals surface area contributed by atoms with Gasteiger partial charge in [-0.1, -0.05) is 19.9 Å². The highest BCUT2D eigenvalue weighted by Crippen LogP contribution is 2.28. The van der Waals surface area contributed by atoms with Gasteiger partial charge in [0.05, 0.1) is 20.3 Å². The minimum atomic E-state index is -0.0992. The fourth-order valence-electron chi connectivity index (χ4n) is 2.75. The van der Waals surface area contributed by atoms with E-state index >= 15 is 0 Å². The zero-order chi connectivity index (χ0) is 18.4. The molecule has 0 aliphatic carbocycles. The van der Waals surface area contributed by atoms with Crippen LogP contribution in [0.25, 0.3) is 0 Å². The van der Waals surface area contributed by atoms with Crippen LogP contribution in [0.3, 0.4) is 0 Å². The molecule has 2 rings (SSSR count). The molecule has 136 valence electrons. The van der Waals surface area contributed by atoms with E-state index in [4.69, 9.17) is 9.47 Å². The Kier molecular flexibility index (Phi) is 6.44. The normalized spacial score (nSPS) is 12.1. The first-order valence-electron chi connectivity index (χ1n) is 8.43. The Balaban J connectivity index is 1.99. The van der Waals surface area contributed by atoms with Crippen LogP contribution >= 0.6 is 0 Å². The molecule has 1 atom stereocenters. The average molecular weight is 345 g/mol. The number of rotatable bonds is 8. The second-order valence-electron chi connectivity index (χ2n) is 6.37. The number of carbonyl (C=O) groups is 1. The average Bonchev–Trinajstić information content (AvgIpc) is 3.02. The maximum Gasteiger partial charge on any atom is 0.220 e. The van der Waals surface area contributed by atoms with E-state index in [2.05, 4.69) is 24.1 Å². The Morgan fingerprint density at radius 3 is 2.52 bits per heavy atom. The van der Waals surface area contributed by atoms with E-state index in [9.17, 15) is 4.79 Å². The number of hydrogen-bond acceptors (Lipinski definition) is 4. The minimum absolute atomic E-state index is 0.0106. The van der Waals surface area contributed by atoms with Crippen LogP contribution in [0.1, 0.15) is 37.7 Å². The summed E-state index contributed by atoms with van der Waals surface area (Å²) in [5.41, 5.74) is 1.03. The molecule has 1 aromatic heterocycles. The zero-order valence-electron chi connectivity index (χ0n) is 15.6. The molecule has 0 bridgehead atoms. The number of hydrogen-bond donors (Lipinski definition) is 1. The Morgan fingerprint density at radius 2 is 1.96 bits per heavy atom. The highest BCUT2D eigenvalue weighted by Gasteiger charge is 2.21. The van der Waals surface area contributed by atoms with Crippen LogP contribution < -0.4 is 14.8 Å². The number of carbonyl (C=O) groups excluding carboxylic acids is 1. The molecule has 1 heterocycles. The van der Waals surface area contributed by atoms with E-state index in [1.54, 1.807) is 20.4 Å². The SMILES string of the molecule is COc1ccc(CCC(=O)NC(c2nccn2C)C(C)C)cc1OC. The van der Waals surface area contributed by atoms with Gasteiger partial charge in [-0.05, 0) is 30.0 Å². The summed E-state index contributed by atoms with van der Waals surface area (Å²) in [7, 11) is 5.15. The van der Waals surface area contributed by atoms with Crippen molar-refractivity contribution in [1.82, 2.24) is 14.9 Å². The van der Waals surface area contributed by atoms with Crippen molar-refractivity contribution in [2.45, 2.75) is 32.7 Å². The van der Waals surface area contributed by atoms with Crippen LogP contribution in [-0.4, -0.2) is 29.7 Å². The van der Waals surface area contributed by atoms with E-state index in [-0.39, 0.29) is 17.9 Å². The maximum atomic E-state index is 12.4. The summed E-state index contributed by atoms with van der Waals surface area (Å²) >= 11 is 0. The van der Waals surface area contributed by atoms with Crippen molar-refractivity contribution in [1.29, 1.82) is 0 Å². The molecular formula is C19H27N3O3. The van der Waals surface area contributed by atoms with Crippen LogP contribution in [0.2, 0.25) is 0 Å². The molecule has 0 spiro atoms. The number of amides is 1. The van der Waals surface area contributed by atoms with Gasteiger partial charge in [-0.2, -0.15) is 0 Å². The molecule has 0 saturated carbocycles. The van der Waals surface area contributed by atoms with Crippen molar-refractivity contribution in [3.05, 3.63) is 42.0 Å². The third-order valence-electron chi connectivity index (χ3n) is 4.21. The van der Waals surface area contributed by atoms with Gasteiger partial charge in [-0.15, -0.1) is 0 Å². The lowest BCUT2D eigenvalue weighted by Crippen LogP contribution is -2.33. The minimum Gasteiger partial charge on any atom is -0.493 e. The number of aryl methyl sites for hydroxylation is 2. The Hall–Kier alpha value is -2.50. The van der Waals surface area contributed by atoms with E-state index in [0.29, 0.717) is 24.3 Å². The molecule has 0 radical (unpaired) electrons. The predicted molar refractivity (Wildman–Crippen MR) is 96.8 cm³/mol. The van der Waals surface area contributed by atoms with Gasteiger partial charge in [0.15, 0.2) is 11.5 Å². The first kappa shape index (κ1) is 18.8. The second kappa shape index (κ2) is 8.55. The molecular weight excluding hydrogens is 318 g/mol. The van der Waals surface area contributed by atoms with Gasteiger partial charge in [0.25, 0.3) is 0 Å². The largest absolute Gasteiger partial charge is 0.493 e. The number of nitrogens with one attached hydrogen (secondary N) is 1. The summed E-state index contributed by atoms with van der Waals surface area (Å²) in [4.78, 5) is 16.8. The molecule has 2 aromatic rings. The van der Waals surface area contributed by atoms with E-state index in [0.717, 1.165) is 11.4 Å². The van der Waals surface area contributed by atoms with E-state index in [1.807, 2.05) is 36.0 Å². The third-order valence-corrected chi connectivity index (χ3v) is 4.21. The fraction of sp³-hybridized carbons (Fsp3) is 0.474. The number of imidazole rings is 1. The number of ether oxygens (including phenoxy) is 2. The lowest BCUT2D eigenvalue weighted by molar-refractivity contribution is -0.122. The molecule has 0 fully saturated rings. The Bertz CT molecular complexity index is 710. The highest BCUT2D eigenvalue weighted by molar-refractivity contribution is 5.76. The van der Waals surface area contributed by atoms with Crippen molar-refractivity contribution in [3.8, 4) is 11.5 Å². The topological polar surface area (TPSA) is 65.4 Å². The third kappa shape index (κ3) is 4.75. The zero-order valence-corrected chi connectivity index (χ0v) is 15.6. The molecule has 25 heavy (non-hydrogen) atoms. The first-order chi connectivity index (χ1) is 12.0. The molecule has 0 aliphatic rings. The quantitative estimate of drug-likeness (QED) is 0.799. The van der Waals surface area contributed by atoms with Gasteiger partial charge in [-0.3, -0.25) is 4.79 Å². The molecule has 0 aliphatic heterocycles. The van der Waals surface area contributed by atoms with Crippen molar-refractivity contribution in [2.75, 3.05) is 14.2 Å². The lowest BCUT2D eigenvalue weighted by Gasteiger charge is -2.22. The van der Waals surface area contributed by atoms with Crippen LogP contribution in [0.5, 0.6) is 11.5 Å². The summed E-state index contributed by atoms with van der Waals surface area (Å²) in [6.07, 6.45) is 4.68. The van der Waals surface area contributed by atoms with Gasteiger partial charge in [0, 0.05) is 25.9 Å². The van der Waals surface area contributed by atoms with E-state index < -0.39 is 0 Å². The molecule has 6 heteroatoms. The van der Waals surface area contributed by atoms with Crippen LogP contribution in [-0.2, 0) is 18.3 Å². The number of nitrogens with zero attached hydrogens (tertiary/aromatic N) is 2. The van der Waals surface area contributed by atoms with Crippen molar-refractivity contribution >= 4 is 5.91 Å². The van der Waals surface area contributed by atoms with Gasteiger partial charge >= 0.3 is 0 Å². The summed E-state index contributed by atoms with van der Waals surface area (Å²) in [6.45, 7) is 4.15. The summed E-state index contributed by atoms with van der Waals surface area (Å²) < 4.78 is 12.5. The van der Waals surface area contributed by atoms with E-state index in [1.165, 1.54) is 0 Å². The predicted octanol–water partition coefficient (Wildman–Crippen LogP) is 2.88. The van der Waals surface area contributed by atoms with Crippen LogP contribution in [0, 0.1) is 5.92 Å². The van der Waals surface area contributed by atoms with Crippen LogP contribution in [0.4, 0.5) is 0 Å². The first-order valence-corrected chi connectivity index (χ1v) is 8.43. The summed E-state index contributed by atoms with van der Waals surface area (Å²) in [5, 5.41) is 3.10. The summed E-state index contributed by atoms with van der Waals surface area (Å²) in [6, 6.07) is 5.62. The molecule has 1 unspecified atom stereocenters. The Labute approximate surface area is 149 Å². The lowest BCUT2D eigenvalue weighted by atomic mass is 10.0. The molecule has 6 nitrogen and oxygen atoms in total. The molecule has 1 aromatic carbocycles. The number of aromatic nitrogens is 2. The van der Waals surface area contributed by atoms with Crippen molar-refractivity contribution in [3.63, 3.8) is 0 Å². The standard InChI is InChI=1S/C19H27N3O3/c1-13(2)18(19-20-10-11-22(19)3)21-17(23)9-7-14-6-8-15(24-4)16(12-14)25-5/h6,8,10-13,18H,7,9H2,1-5H3,(H,21,23). The fourth-order valence-corrected chi connectivity index (χ4v) is 2.75. The van der Waals surface area contributed by atoms with Crippen molar-refractivity contribution in [2.24, 2.45) is 13.0 Å². The molecule has 1 amide bonds. The molecule has 0 saturated heterocycles. The summed E-state index contributed by atoms with van der Waals surface area (Å²) in [5.74, 6) is 2.50. The second-order valence-corrected chi connectivity index (χ2v) is 6.37. The van der Waals surface area contributed by atoms with Crippen molar-refractivity contribution < 1.29 is 14.3 Å². The maximum absolute atomic E-state index is 12.4. The van der Waals surface area contributed by atoms with Gasteiger partial charge in [-0.25, -0.2) is 4.98 Å². The highest BCUT2D eigenvalue weighted by atomic mass is 16.5. The number of benzene rings is 1. The van der Waals surface area contributed by atoms with Gasteiger partial charge in [0.1, 0.15) is 5.82 Å². The smallest absolute Gasteiger partial charge is 0.220 e.